The number of halogens is 1. The van der Waals surface area contributed by atoms with Crippen molar-refractivity contribution in [1.29, 1.82) is 0 Å². The van der Waals surface area contributed by atoms with E-state index in [1.54, 1.807) is 41.6 Å². The van der Waals surface area contributed by atoms with E-state index in [-0.39, 0.29) is 5.65 Å². The molecule has 3 aromatic heterocycles. The first-order chi connectivity index (χ1) is 15.9. The Bertz CT molecular complexity index is 1380. The molecule has 172 valence electrons. The summed E-state index contributed by atoms with van der Waals surface area (Å²) in [6, 6.07) is 3.37. The normalized spacial score (nSPS) is 16.2. The van der Waals surface area contributed by atoms with Gasteiger partial charge in [0.1, 0.15) is 11.3 Å². The molecule has 1 aliphatic rings. The summed E-state index contributed by atoms with van der Waals surface area (Å²) in [5, 5.41) is 11.5. The van der Waals surface area contributed by atoms with Gasteiger partial charge in [-0.15, -0.1) is 0 Å². The highest BCUT2D eigenvalue weighted by Crippen LogP contribution is 2.40. The molecule has 10 heteroatoms. The van der Waals surface area contributed by atoms with Crippen LogP contribution in [-0.4, -0.2) is 58.4 Å². The summed E-state index contributed by atoms with van der Waals surface area (Å²) in [5.41, 5.74) is 3.09. The molecule has 5 rings (SSSR count). The Morgan fingerprint density at radius 3 is 2.82 bits per heavy atom. The molecule has 0 saturated carbocycles. The van der Waals surface area contributed by atoms with Gasteiger partial charge >= 0.3 is 0 Å². The molecule has 0 unspecified atom stereocenters. The summed E-state index contributed by atoms with van der Waals surface area (Å²) < 4.78 is 23.5. The van der Waals surface area contributed by atoms with Crippen molar-refractivity contribution in [2.45, 2.75) is 19.4 Å². The number of imidazole rings is 1. The molecule has 0 aliphatic carbocycles. The van der Waals surface area contributed by atoms with E-state index in [1.807, 2.05) is 20.3 Å². The van der Waals surface area contributed by atoms with Crippen LogP contribution in [0, 0.1) is 12.7 Å². The topological polar surface area (TPSA) is 88.7 Å². The maximum Gasteiger partial charge on any atom is 0.258 e. The van der Waals surface area contributed by atoms with Crippen molar-refractivity contribution in [3.63, 3.8) is 0 Å². The van der Waals surface area contributed by atoms with Gasteiger partial charge in [0.25, 0.3) is 5.91 Å². The summed E-state index contributed by atoms with van der Waals surface area (Å²) >= 11 is 0. The van der Waals surface area contributed by atoms with Crippen LogP contribution in [0.2, 0.25) is 0 Å². The van der Waals surface area contributed by atoms with Crippen molar-refractivity contribution >= 4 is 33.8 Å². The van der Waals surface area contributed by atoms with E-state index in [2.05, 4.69) is 25.6 Å². The molecule has 2 N–H and O–H groups in total. The van der Waals surface area contributed by atoms with E-state index in [9.17, 15) is 9.18 Å². The van der Waals surface area contributed by atoms with Gasteiger partial charge in [0, 0.05) is 56.2 Å². The molecule has 1 aliphatic heterocycles. The number of hydrogen-bond donors (Lipinski definition) is 2. The molecule has 33 heavy (non-hydrogen) atoms. The number of nitrogens with zero attached hydrogens (tertiary/aromatic N) is 5. The molecule has 1 saturated heterocycles. The van der Waals surface area contributed by atoms with Crippen LogP contribution in [0.25, 0.3) is 16.6 Å². The van der Waals surface area contributed by atoms with E-state index >= 15 is 0 Å². The number of fused-ring (bicyclic) bond motifs is 2. The Hall–Kier alpha value is -3.66. The average molecular weight is 452 g/mol. The molecular formula is C23H26FN7O2. The number of rotatable bonds is 5. The summed E-state index contributed by atoms with van der Waals surface area (Å²) in [5.74, 6) is -0.303. The van der Waals surface area contributed by atoms with Crippen molar-refractivity contribution in [1.82, 2.24) is 24.5 Å². The number of carbonyl (C=O) groups excluding carboxylic acids is 1. The van der Waals surface area contributed by atoms with Gasteiger partial charge in [0.15, 0.2) is 11.5 Å². The monoisotopic (exact) mass is 451 g/mol. The standard InChI is InChI=1S/C23H26FN7O2/c1-13-9-31-11-15(7-18(24)22(31)26-13)27-23(32)16-8-19(33-4)21(17-12-29(3)28-20(16)17)30-6-5-14(10-30)25-2/h7-9,11-12,14,25H,5-6,10H2,1-4H3,(H,27,32)/t14-/m1/s1. The fourth-order valence-electron chi connectivity index (χ4n) is 4.56. The Morgan fingerprint density at radius 1 is 1.27 bits per heavy atom. The van der Waals surface area contributed by atoms with Crippen LogP contribution in [-0.2, 0) is 7.05 Å². The van der Waals surface area contributed by atoms with Gasteiger partial charge in [-0.3, -0.25) is 9.48 Å². The molecule has 4 aromatic rings. The largest absolute Gasteiger partial charge is 0.495 e. The smallest absolute Gasteiger partial charge is 0.258 e. The number of pyridine rings is 1. The van der Waals surface area contributed by atoms with Crippen LogP contribution in [0.15, 0.2) is 30.7 Å². The Balaban J connectivity index is 1.56. The van der Waals surface area contributed by atoms with E-state index in [1.165, 1.54) is 6.07 Å². The molecular weight excluding hydrogens is 425 g/mol. The first kappa shape index (κ1) is 21.2. The van der Waals surface area contributed by atoms with Gasteiger partial charge in [-0.25, -0.2) is 9.37 Å². The maximum atomic E-state index is 14.5. The predicted molar refractivity (Wildman–Crippen MR) is 125 cm³/mol. The highest BCUT2D eigenvalue weighted by molar-refractivity contribution is 6.15. The number of benzene rings is 1. The molecule has 0 radical (unpaired) electrons. The molecule has 1 amide bonds. The van der Waals surface area contributed by atoms with E-state index in [0.717, 1.165) is 30.6 Å². The lowest BCUT2D eigenvalue weighted by Gasteiger charge is -2.23. The molecule has 1 atom stereocenters. The molecule has 4 heterocycles. The minimum absolute atomic E-state index is 0.217. The van der Waals surface area contributed by atoms with Gasteiger partial charge < -0.3 is 24.7 Å². The third-order valence-corrected chi connectivity index (χ3v) is 6.11. The van der Waals surface area contributed by atoms with Crippen LogP contribution < -0.4 is 20.3 Å². The fraction of sp³-hybridized carbons (Fsp3) is 0.348. The summed E-state index contributed by atoms with van der Waals surface area (Å²) in [6.45, 7) is 3.50. The summed E-state index contributed by atoms with van der Waals surface area (Å²) in [6.07, 6.45) is 6.26. The maximum absolute atomic E-state index is 14.5. The quantitative estimate of drug-likeness (QED) is 0.485. The lowest BCUT2D eigenvalue weighted by molar-refractivity contribution is 0.102. The van der Waals surface area contributed by atoms with Crippen LogP contribution >= 0.6 is 0 Å². The molecule has 1 fully saturated rings. The van der Waals surface area contributed by atoms with Crippen molar-refractivity contribution < 1.29 is 13.9 Å². The third-order valence-electron chi connectivity index (χ3n) is 6.11. The number of amides is 1. The fourth-order valence-corrected chi connectivity index (χ4v) is 4.56. The second-order valence-corrected chi connectivity index (χ2v) is 8.40. The number of likely N-dealkylation sites (N-methyl/N-ethyl adjacent to an activating group) is 1. The van der Waals surface area contributed by atoms with Gasteiger partial charge in [-0.05, 0) is 26.5 Å². The minimum Gasteiger partial charge on any atom is -0.495 e. The van der Waals surface area contributed by atoms with E-state index in [0.29, 0.717) is 34.3 Å². The van der Waals surface area contributed by atoms with Crippen LogP contribution in [0.3, 0.4) is 0 Å². The Kier molecular flexibility index (Phi) is 5.16. The number of aryl methyl sites for hydroxylation is 2. The van der Waals surface area contributed by atoms with Crippen LogP contribution in [0.4, 0.5) is 15.8 Å². The second-order valence-electron chi connectivity index (χ2n) is 8.40. The van der Waals surface area contributed by atoms with Gasteiger partial charge in [-0.1, -0.05) is 0 Å². The van der Waals surface area contributed by atoms with E-state index < -0.39 is 11.7 Å². The number of hydrogen-bond acceptors (Lipinski definition) is 6. The lowest BCUT2D eigenvalue weighted by atomic mass is 10.1. The van der Waals surface area contributed by atoms with Crippen LogP contribution in [0.1, 0.15) is 22.5 Å². The lowest BCUT2D eigenvalue weighted by Crippen LogP contribution is -2.29. The van der Waals surface area contributed by atoms with Gasteiger partial charge in [-0.2, -0.15) is 5.10 Å². The number of anilines is 2. The Morgan fingerprint density at radius 2 is 2.09 bits per heavy atom. The SMILES string of the molecule is CN[C@@H]1CCN(c2c(OC)cc(C(=O)Nc3cc(F)c4nc(C)cn4c3)c3nn(C)cc23)C1. The molecule has 0 spiro atoms. The Labute approximate surface area is 190 Å². The predicted octanol–water partition coefficient (Wildman–Crippen LogP) is 2.73. The number of nitrogens with one attached hydrogen (secondary N) is 2. The van der Waals surface area contributed by atoms with E-state index in [4.69, 9.17) is 4.74 Å². The third kappa shape index (κ3) is 3.66. The molecule has 1 aromatic carbocycles. The molecule has 9 nitrogen and oxygen atoms in total. The summed E-state index contributed by atoms with van der Waals surface area (Å²) in [4.78, 5) is 19.7. The zero-order valence-corrected chi connectivity index (χ0v) is 19.0. The van der Waals surface area contributed by atoms with Crippen molar-refractivity contribution in [2.75, 3.05) is 37.5 Å². The first-order valence-corrected chi connectivity index (χ1v) is 10.8. The van der Waals surface area contributed by atoms with Crippen molar-refractivity contribution in [3.8, 4) is 5.75 Å². The summed E-state index contributed by atoms with van der Waals surface area (Å²) in [7, 11) is 5.38. The van der Waals surface area contributed by atoms with Crippen LogP contribution in [0.5, 0.6) is 5.75 Å². The van der Waals surface area contributed by atoms with Crippen molar-refractivity contribution in [3.05, 3.63) is 47.8 Å². The number of ether oxygens (including phenoxy) is 1. The molecule has 0 bridgehead atoms. The van der Waals surface area contributed by atoms with Gasteiger partial charge in [0.2, 0.25) is 0 Å². The zero-order valence-electron chi connectivity index (χ0n) is 19.0. The zero-order chi connectivity index (χ0) is 23.3. The van der Waals surface area contributed by atoms with Gasteiger partial charge in [0.05, 0.1) is 29.7 Å². The minimum atomic E-state index is -0.509. The number of methoxy groups -OCH3 is 1. The number of carbonyl (C=O) groups is 1. The first-order valence-electron chi connectivity index (χ1n) is 10.8. The number of aromatic nitrogens is 4. The van der Waals surface area contributed by atoms with Crippen molar-refractivity contribution in [2.24, 2.45) is 7.05 Å². The highest BCUT2D eigenvalue weighted by Gasteiger charge is 2.28. The average Bonchev–Trinajstić information content (AvgIpc) is 3.49. The second kappa shape index (κ2) is 8.04. The highest BCUT2D eigenvalue weighted by atomic mass is 19.1.